The van der Waals surface area contributed by atoms with Crippen molar-refractivity contribution in [2.24, 2.45) is 0 Å². The lowest BCUT2D eigenvalue weighted by Crippen LogP contribution is -2.40. The fraction of sp³-hybridized carbons (Fsp3) is 0.222. The molecule has 2 N–H and O–H groups in total. The summed E-state index contributed by atoms with van der Waals surface area (Å²) in [7, 11) is 0. The molecule has 0 fully saturated rings. The molecule has 0 spiro atoms. The van der Waals surface area contributed by atoms with Gasteiger partial charge in [-0.25, -0.2) is 0 Å². The van der Waals surface area contributed by atoms with Gasteiger partial charge in [-0.15, -0.1) is 0 Å². The second kappa shape index (κ2) is 7.24. The predicted octanol–water partition coefficient (Wildman–Crippen LogP) is 4.77. The van der Waals surface area contributed by atoms with Crippen LogP contribution in [0.25, 0.3) is 0 Å². The summed E-state index contributed by atoms with van der Waals surface area (Å²) in [4.78, 5) is 24.3. The molecule has 0 atom stereocenters. The summed E-state index contributed by atoms with van der Waals surface area (Å²) in [5.74, 6) is -0.492. The first-order valence-corrected chi connectivity index (χ1v) is 8.10. The molecular formula is C18H18Cl2N2O2. The number of hydrogen-bond donors (Lipinski definition) is 2. The molecule has 0 aliphatic carbocycles. The Hall–Kier alpha value is -2.04. The second-order valence-electron chi connectivity index (χ2n) is 6.39. The van der Waals surface area contributed by atoms with Gasteiger partial charge < -0.3 is 10.6 Å². The number of carbonyl (C=O) groups is 2. The highest BCUT2D eigenvalue weighted by atomic mass is 35.5. The minimum atomic E-state index is -0.328. The van der Waals surface area contributed by atoms with E-state index in [4.69, 9.17) is 23.2 Å². The number of nitrogens with one attached hydrogen (secondary N) is 2. The molecule has 24 heavy (non-hydrogen) atoms. The van der Waals surface area contributed by atoms with Crippen LogP contribution in [0.4, 0.5) is 5.69 Å². The molecule has 6 heteroatoms. The van der Waals surface area contributed by atoms with E-state index in [0.29, 0.717) is 26.9 Å². The maximum absolute atomic E-state index is 12.2. The monoisotopic (exact) mass is 364 g/mol. The maximum Gasteiger partial charge on any atom is 0.255 e. The quantitative estimate of drug-likeness (QED) is 0.823. The van der Waals surface area contributed by atoms with E-state index < -0.39 is 0 Å². The fourth-order valence-corrected chi connectivity index (χ4v) is 2.53. The zero-order chi connectivity index (χ0) is 17.9. The molecule has 0 aliphatic heterocycles. The Bertz CT molecular complexity index is 745. The summed E-state index contributed by atoms with van der Waals surface area (Å²) < 4.78 is 0. The van der Waals surface area contributed by atoms with Crippen LogP contribution >= 0.6 is 23.2 Å². The zero-order valence-corrected chi connectivity index (χ0v) is 15.1. The molecule has 0 aromatic heterocycles. The van der Waals surface area contributed by atoms with Crippen molar-refractivity contribution >= 4 is 40.7 Å². The molecular weight excluding hydrogens is 347 g/mol. The van der Waals surface area contributed by atoms with Gasteiger partial charge in [0.15, 0.2) is 0 Å². The van der Waals surface area contributed by atoms with Gasteiger partial charge >= 0.3 is 0 Å². The highest BCUT2D eigenvalue weighted by Gasteiger charge is 2.15. The lowest BCUT2D eigenvalue weighted by Gasteiger charge is -2.20. The Kier molecular flexibility index (Phi) is 5.52. The van der Waals surface area contributed by atoms with Crippen LogP contribution in [0.5, 0.6) is 0 Å². The molecule has 2 amide bonds. The van der Waals surface area contributed by atoms with Gasteiger partial charge in [0.25, 0.3) is 11.8 Å². The molecule has 0 heterocycles. The highest BCUT2D eigenvalue weighted by molar-refractivity contribution is 6.35. The van der Waals surface area contributed by atoms with Crippen molar-refractivity contribution in [1.82, 2.24) is 5.32 Å². The number of amides is 2. The van der Waals surface area contributed by atoms with Crippen molar-refractivity contribution in [3.05, 3.63) is 63.6 Å². The van der Waals surface area contributed by atoms with E-state index in [1.165, 1.54) is 12.1 Å². The Balaban J connectivity index is 2.08. The van der Waals surface area contributed by atoms with Crippen LogP contribution in [-0.4, -0.2) is 17.4 Å². The summed E-state index contributed by atoms with van der Waals surface area (Å²) in [6.07, 6.45) is 0. The van der Waals surface area contributed by atoms with Crippen molar-refractivity contribution < 1.29 is 9.59 Å². The molecule has 2 aromatic carbocycles. The van der Waals surface area contributed by atoms with Gasteiger partial charge in [0.1, 0.15) is 0 Å². The van der Waals surface area contributed by atoms with Crippen molar-refractivity contribution in [2.75, 3.05) is 5.32 Å². The Morgan fingerprint density at radius 2 is 1.38 bits per heavy atom. The Morgan fingerprint density at radius 1 is 0.833 bits per heavy atom. The molecule has 0 saturated carbocycles. The number of hydrogen-bond acceptors (Lipinski definition) is 2. The molecule has 126 valence electrons. The zero-order valence-electron chi connectivity index (χ0n) is 13.6. The van der Waals surface area contributed by atoms with Crippen LogP contribution in [0, 0.1) is 0 Å². The molecule has 0 radical (unpaired) electrons. The SMILES string of the molecule is CC(C)(C)NC(=O)c1ccc(NC(=O)c2cc(Cl)cc(Cl)c2)cc1. The first-order chi connectivity index (χ1) is 11.1. The summed E-state index contributed by atoms with van der Waals surface area (Å²) in [5, 5.41) is 6.40. The third kappa shape index (κ3) is 5.25. The summed E-state index contributed by atoms with van der Waals surface area (Å²) >= 11 is 11.8. The van der Waals surface area contributed by atoms with E-state index in [2.05, 4.69) is 10.6 Å². The van der Waals surface area contributed by atoms with Crippen molar-refractivity contribution in [3.8, 4) is 0 Å². The Morgan fingerprint density at radius 3 is 1.88 bits per heavy atom. The molecule has 2 rings (SSSR count). The number of benzene rings is 2. The lowest BCUT2D eigenvalue weighted by atomic mass is 10.1. The summed E-state index contributed by atoms with van der Waals surface area (Å²) in [6.45, 7) is 5.74. The van der Waals surface area contributed by atoms with E-state index in [-0.39, 0.29) is 17.4 Å². The van der Waals surface area contributed by atoms with Crippen LogP contribution in [0.15, 0.2) is 42.5 Å². The van der Waals surface area contributed by atoms with Crippen LogP contribution < -0.4 is 10.6 Å². The van der Waals surface area contributed by atoms with Gasteiger partial charge in [-0.1, -0.05) is 23.2 Å². The van der Waals surface area contributed by atoms with Gasteiger partial charge in [-0.3, -0.25) is 9.59 Å². The van der Waals surface area contributed by atoms with Gasteiger partial charge in [-0.2, -0.15) is 0 Å². The van der Waals surface area contributed by atoms with E-state index in [9.17, 15) is 9.59 Å². The average Bonchev–Trinajstić information content (AvgIpc) is 2.45. The molecule has 4 nitrogen and oxygen atoms in total. The normalized spacial score (nSPS) is 11.0. The third-order valence-corrected chi connectivity index (χ3v) is 3.45. The van der Waals surface area contributed by atoms with Gasteiger partial charge in [-0.05, 0) is 63.2 Å². The van der Waals surface area contributed by atoms with Crippen molar-refractivity contribution in [2.45, 2.75) is 26.3 Å². The predicted molar refractivity (Wildman–Crippen MR) is 98.1 cm³/mol. The first-order valence-electron chi connectivity index (χ1n) is 7.34. The van der Waals surface area contributed by atoms with Gasteiger partial charge in [0, 0.05) is 32.4 Å². The van der Waals surface area contributed by atoms with Gasteiger partial charge in [0.2, 0.25) is 0 Å². The van der Waals surface area contributed by atoms with Crippen molar-refractivity contribution in [3.63, 3.8) is 0 Å². The standard InChI is InChI=1S/C18H18Cl2N2O2/c1-18(2,3)22-17(24)11-4-6-15(7-5-11)21-16(23)12-8-13(19)10-14(20)9-12/h4-10H,1-3H3,(H,21,23)(H,22,24). The molecule has 0 bridgehead atoms. The smallest absolute Gasteiger partial charge is 0.255 e. The van der Waals surface area contributed by atoms with E-state index in [0.717, 1.165) is 0 Å². The van der Waals surface area contributed by atoms with E-state index >= 15 is 0 Å². The largest absolute Gasteiger partial charge is 0.347 e. The molecule has 0 saturated heterocycles. The second-order valence-corrected chi connectivity index (χ2v) is 7.27. The molecule has 0 aliphatic rings. The van der Waals surface area contributed by atoms with Crippen LogP contribution in [-0.2, 0) is 0 Å². The van der Waals surface area contributed by atoms with Crippen molar-refractivity contribution in [1.29, 1.82) is 0 Å². The number of rotatable bonds is 3. The summed E-state index contributed by atoms with van der Waals surface area (Å²) in [5.41, 5.74) is 1.15. The van der Waals surface area contributed by atoms with Gasteiger partial charge in [0.05, 0.1) is 0 Å². The highest BCUT2D eigenvalue weighted by Crippen LogP contribution is 2.20. The first kappa shape index (κ1) is 18.3. The maximum atomic E-state index is 12.2. The van der Waals surface area contributed by atoms with Crippen LogP contribution in [0.2, 0.25) is 10.0 Å². The summed E-state index contributed by atoms with van der Waals surface area (Å²) in [6, 6.07) is 11.3. The van der Waals surface area contributed by atoms with E-state index in [1.54, 1.807) is 30.3 Å². The molecule has 0 unspecified atom stereocenters. The third-order valence-electron chi connectivity index (χ3n) is 3.02. The fourth-order valence-electron chi connectivity index (χ4n) is 2.01. The number of halogens is 2. The van der Waals surface area contributed by atoms with Crippen LogP contribution in [0.1, 0.15) is 41.5 Å². The topological polar surface area (TPSA) is 58.2 Å². The average molecular weight is 365 g/mol. The lowest BCUT2D eigenvalue weighted by molar-refractivity contribution is 0.0919. The minimum Gasteiger partial charge on any atom is -0.347 e. The molecule has 2 aromatic rings. The number of carbonyl (C=O) groups excluding carboxylic acids is 2. The Labute approximate surface area is 151 Å². The van der Waals surface area contributed by atoms with Crippen LogP contribution in [0.3, 0.4) is 0 Å². The van der Waals surface area contributed by atoms with E-state index in [1.807, 2.05) is 20.8 Å². The number of anilines is 1. The minimum absolute atomic E-state index is 0.165.